The second kappa shape index (κ2) is 5.32. The Morgan fingerprint density at radius 1 is 1.41 bits per heavy atom. The maximum atomic E-state index is 12.0. The van der Waals surface area contributed by atoms with Gasteiger partial charge in [0.2, 0.25) is 0 Å². The lowest BCUT2D eigenvalue weighted by Gasteiger charge is -2.18. The Morgan fingerprint density at radius 2 is 2.12 bits per heavy atom. The third-order valence-electron chi connectivity index (χ3n) is 3.39. The van der Waals surface area contributed by atoms with E-state index in [-0.39, 0.29) is 24.0 Å². The first-order chi connectivity index (χ1) is 8.18. The summed E-state index contributed by atoms with van der Waals surface area (Å²) in [6, 6.07) is 10.1. The van der Waals surface area contributed by atoms with Crippen molar-refractivity contribution in [3.8, 4) is 0 Å². The van der Waals surface area contributed by atoms with E-state index in [2.05, 4.69) is 5.32 Å². The van der Waals surface area contributed by atoms with Crippen molar-refractivity contribution in [2.75, 3.05) is 6.54 Å². The molecule has 0 saturated carbocycles. The van der Waals surface area contributed by atoms with E-state index in [9.17, 15) is 4.79 Å². The fourth-order valence-electron chi connectivity index (χ4n) is 2.23. The maximum Gasteiger partial charge on any atom is 0.311 e. The van der Waals surface area contributed by atoms with Crippen LogP contribution in [0.2, 0.25) is 0 Å². The lowest BCUT2D eigenvalue weighted by molar-refractivity contribution is -0.153. The Labute approximate surface area is 102 Å². The average molecular weight is 233 g/mol. The number of esters is 1. The summed E-state index contributed by atoms with van der Waals surface area (Å²) in [5, 5.41) is 3.26. The van der Waals surface area contributed by atoms with Crippen molar-refractivity contribution in [1.29, 1.82) is 0 Å². The van der Waals surface area contributed by atoms with Gasteiger partial charge in [-0.2, -0.15) is 0 Å². The lowest BCUT2D eigenvalue weighted by atomic mass is 10.0. The minimum absolute atomic E-state index is 0.00108. The first kappa shape index (κ1) is 12.1. The SMILES string of the molecule is CC(OC(=O)C1CCNC1C)c1ccccc1. The van der Waals surface area contributed by atoms with Crippen LogP contribution in [0.25, 0.3) is 0 Å². The van der Waals surface area contributed by atoms with Crippen molar-refractivity contribution in [3.05, 3.63) is 35.9 Å². The van der Waals surface area contributed by atoms with Gasteiger partial charge in [0.05, 0.1) is 5.92 Å². The summed E-state index contributed by atoms with van der Waals surface area (Å²) in [5.74, 6) is -0.0833. The van der Waals surface area contributed by atoms with Crippen LogP contribution < -0.4 is 5.32 Å². The largest absolute Gasteiger partial charge is 0.458 e. The molecule has 3 unspecified atom stereocenters. The van der Waals surface area contributed by atoms with Gasteiger partial charge in [-0.25, -0.2) is 0 Å². The number of ether oxygens (including phenoxy) is 1. The Balaban J connectivity index is 1.95. The van der Waals surface area contributed by atoms with E-state index in [1.54, 1.807) is 0 Å². The molecule has 0 amide bonds. The first-order valence-corrected chi connectivity index (χ1v) is 6.17. The Hall–Kier alpha value is -1.35. The van der Waals surface area contributed by atoms with Gasteiger partial charge in [-0.3, -0.25) is 4.79 Å². The monoisotopic (exact) mass is 233 g/mol. The molecule has 3 atom stereocenters. The average Bonchev–Trinajstić information content (AvgIpc) is 2.76. The van der Waals surface area contributed by atoms with Crippen molar-refractivity contribution in [2.24, 2.45) is 5.92 Å². The normalized spacial score (nSPS) is 25.5. The van der Waals surface area contributed by atoms with E-state index in [4.69, 9.17) is 4.74 Å². The summed E-state index contributed by atoms with van der Waals surface area (Å²) >= 11 is 0. The Morgan fingerprint density at radius 3 is 2.71 bits per heavy atom. The zero-order valence-corrected chi connectivity index (χ0v) is 10.3. The standard InChI is InChI=1S/C14H19NO2/c1-10-13(8-9-15-10)14(16)17-11(2)12-6-4-3-5-7-12/h3-7,10-11,13,15H,8-9H2,1-2H3. The summed E-state index contributed by atoms with van der Waals surface area (Å²) < 4.78 is 5.51. The third-order valence-corrected chi connectivity index (χ3v) is 3.39. The molecule has 1 aliphatic heterocycles. The second-order valence-electron chi connectivity index (χ2n) is 4.63. The molecule has 92 valence electrons. The molecule has 0 aromatic heterocycles. The third kappa shape index (κ3) is 2.86. The molecule has 17 heavy (non-hydrogen) atoms. The number of nitrogens with one attached hydrogen (secondary N) is 1. The zero-order valence-electron chi connectivity index (χ0n) is 10.3. The Bertz CT molecular complexity index is 377. The second-order valence-corrected chi connectivity index (χ2v) is 4.63. The van der Waals surface area contributed by atoms with Crippen LogP contribution in [-0.2, 0) is 9.53 Å². The van der Waals surface area contributed by atoms with Crippen LogP contribution in [0, 0.1) is 5.92 Å². The molecule has 1 aromatic carbocycles. The number of carbonyl (C=O) groups is 1. The molecule has 1 fully saturated rings. The highest BCUT2D eigenvalue weighted by molar-refractivity contribution is 5.74. The van der Waals surface area contributed by atoms with Crippen molar-refractivity contribution >= 4 is 5.97 Å². The summed E-state index contributed by atoms with van der Waals surface area (Å²) in [6.45, 7) is 4.85. The van der Waals surface area contributed by atoms with Crippen LogP contribution in [0.5, 0.6) is 0 Å². The van der Waals surface area contributed by atoms with Crippen LogP contribution in [-0.4, -0.2) is 18.6 Å². The minimum atomic E-state index is -0.170. The molecule has 2 rings (SSSR count). The van der Waals surface area contributed by atoms with E-state index < -0.39 is 0 Å². The Kier molecular flexibility index (Phi) is 3.79. The quantitative estimate of drug-likeness (QED) is 0.814. The van der Waals surface area contributed by atoms with Gasteiger partial charge in [0.1, 0.15) is 6.10 Å². The molecule has 1 aliphatic rings. The molecule has 3 heteroatoms. The molecular formula is C14H19NO2. The molecule has 1 aromatic rings. The predicted molar refractivity (Wildman–Crippen MR) is 66.5 cm³/mol. The van der Waals surface area contributed by atoms with E-state index in [1.807, 2.05) is 44.2 Å². The zero-order chi connectivity index (χ0) is 12.3. The van der Waals surface area contributed by atoms with Gasteiger partial charge in [0, 0.05) is 6.04 Å². The van der Waals surface area contributed by atoms with Crippen LogP contribution in [0.1, 0.15) is 31.9 Å². The summed E-state index contributed by atoms with van der Waals surface area (Å²) in [7, 11) is 0. The van der Waals surface area contributed by atoms with E-state index >= 15 is 0 Å². The van der Waals surface area contributed by atoms with Gasteiger partial charge in [-0.15, -0.1) is 0 Å². The van der Waals surface area contributed by atoms with Gasteiger partial charge in [-0.05, 0) is 32.4 Å². The molecule has 0 aliphatic carbocycles. The smallest absolute Gasteiger partial charge is 0.311 e. The van der Waals surface area contributed by atoms with E-state index in [1.165, 1.54) is 0 Å². The topological polar surface area (TPSA) is 38.3 Å². The van der Waals surface area contributed by atoms with E-state index in [0.717, 1.165) is 18.5 Å². The molecular weight excluding hydrogens is 214 g/mol. The summed E-state index contributed by atoms with van der Waals surface area (Å²) in [4.78, 5) is 12.0. The van der Waals surface area contributed by atoms with Crippen molar-refractivity contribution in [3.63, 3.8) is 0 Å². The van der Waals surface area contributed by atoms with Gasteiger partial charge in [0.25, 0.3) is 0 Å². The predicted octanol–water partition coefficient (Wildman–Crippen LogP) is 2.29. The molecule has 0 spiro atoms. The van der Waals surface area contributed by atoms with Gasteiger partial charge < -0.3 is 10.1 Å². The number of rotatable bonds is 3. The van der Waals surface area contributed by atoms with Crippen molar-refractivity contribution < 1.29 is 9.53 Å². The maximum absolute atomic E-state index is 12.0. The number of hydrogen-bond donors (Lipinski definition) is 1. The highest BCUT2D eigenvalue weighted by atomic mass is 16.5. The lowest BCUT2D eigenvalue weighted by Crippen LogP contribution is -2.30. The molecule has 1 saturated heterocycles. The molecule has 0 radical (unpaired) electrons. The van der Waals surface area contributed by atoms with Crippen LogP contribution in [0.3, 0.4) is 0 Å². The summed E-state index contributed by atoms with van der Waals surface area (Å²) in [6.07, 6.45) is 0.707. The molecule has 1 heterocycles. The van der Waals surface area contributed by atoms with Crippen molar-refractivity contribution in [1.82, 2.24) is 5.32 Å². The fourth-order valence-corrected chi connectivity index (χ4v) is 2.23. The van der Waals surface area contributed by atoms with Crippen molar-refractivity contribution in [2.45, 2.75) is 32.4 Å². The molecule has 1 N–H and O–H groups in total. The number of carbonyl (C=O) groups excluding carboxylic acids is 1. The molecule has 3 nitrogen and oxygen atoms in total. The highest BCUT2D eigenvalue weighted by Crippen LogP contribution is 2.22. The summed E-state index contributed by atoms with van der Waals surface area (Å²) in [5.41, 5.74) is 1.04. The van der Waals surface area contributed by atoms with Gasteiger partial charge >= 0.3 is 5.97 Å². The highest BCUT2D eigenvalue weighted by Gasteiger charge is 2.31. The first-order valence-electron chi connectivity index (χ1n) is 6.17. The van der Waals surface area contributed by atoms with Crippen LogP contribution >= 0.6 is 0 Å². The number of hydrogen-bond acceptors (Lipinski definition) is 3. The van der Waals surface area contributed by atoms with Gasteiger partial charge in [0.15, 0.2) is 0 Å². The van der Waals surface area contributed by atoms with E-state index in [0.29, 0.717) is 0 Å². The van der Waals surface area contributed by atoms with Crippen LogP contribution in [0.4, 0.5) is 0 Å². The van der Waals surface area contributed by atoms with Gasteiger partial charge in [-0.1, -0.05) is 30.3 Å². The number of benzene rings is 1. The van der Waals surface area contributed by atoms with Crippen LogP contribution in [0.15, 0.2) is 30.3 Å². The fraction of sp³-hybridized carbons (Fsp3) is 0.500. The molecule has 0 bridgehead atoms. The minimum Gasteiger partial charge on any atom is -0.458 e.